The third kappa shape index (κ3) is 7.56. The van der Waals surface area contributed by atoms with E-state index >= 15 is 0 Å². The zero-order chi connectivity index (χ0) is 18.8. The van der Waals surface area contributed by atoms with Crippen LogP contribution >= 0.6 is 0 Å². The Balaban J connectivity index is 2.44. The lowest BCUT2D eigenvalue weighted by Gasteiger charge is -2.11. The van der Waals surface area contributed by atoms with Crippen LogP contribution < -0.4 is 20.1 Å². The molecular weight excluding hydrogens is 328 g/mol. The number of nitrogens with one attached hydrogen (secondary N) is 2. The molecule has 3 amide bonds. The Morgan fingerprint density at radius 1 is 1.12 bits per heavy atom. The molecule has 0 atom stereocenters. The molecule has 138 valence electrons. The highest BCUT2D eigenvalue weighted by molar-refractivity contribution is 5.95. The molecule has 0 aliphatic heterocycles. The maximum atomic E-state index is 11.9. The first-order valence-corrected chi connectivity index (χ1v) is 7.80. The van der Waals surface area contributed by atoms with Gasteiger partial charge in [-0.1, -0.05) is 19.9 Å². The number of rotatable bonds is 8. The molecule has 0 aromatic heterocycles. The summed E-state index contributed by atoms with van der Waals surface area (Å²) in [5.41, 5.74) is 0.600. The maximum absolute atomic E-state index is 11.9. The van der Waals surface area contributed by atoms with Crippen LogP contribution in [0, 0.1) is 5.92 Å². The van der Waals surface area contributed by atoms with Gasteiger partial charge < -0.3 is 19.5 Å². The molecule has 0 radical (unpaired) electrons. The van der Waals surface area contributed by atoms with Crippen molar-refractivity contribution in [2.75, 3.05) is 27.4 Å². The normalized spacial score (nSPS) is 10.1. The van der Waals surface area contributed by atoms with Crippen molar-refractivity contribution in [3.8, 4) is 11.5 Å². The van der Waals surface area contributed by atoms with Crippen LogP contribution in [0.15, 0.2) is 18.2 Å². The fourth-order valence-electron chi connectivity index (χ4n) is 1.85. The quantitative estimate of drug-likeness (QED) is 0.683. The van der Waals surface area contributed by atoms with Gasteiger partial charge in [-0.3, -0.25) is 14.9 Å². The van der Waals surface area contributed by atoms with Crippen LogP contribution in [0.1, 0.15) is 19.4 Å². The summed E-state index contributed by atoms with van der Waals surface area (Å²) >= 11 is 0. The van der Waals surface area contributed by atoms with Gasteiger partial charge in [0.05, 0.1) is 20.6 Å². The van der Waals surface area contributed by atoms with Crippen LogP contribution in [0.3, 0.4) is 0 Å². The van der Waals surface area contributed by atoms with Gasteiger partial charge in [-0.05, 0) is 12.0 Å². The van der Waals surface area contributed by atoms with Gasteiger partial charge in [-0.15, -0.1) is 0 Å². The van der Waals surface area contributed by atoms with E-state index in [0.29, 0.717) is 23.6 Å². The van der Waals surface area contributed by atoms with Crippen molar-refractivity contribution in [2.45, 2.75) is 20.3 Å². The summed E-state index contributed by atoms with van der Waals surface area (Å²) in [6, 6.07) is 4.40. The average Bonchev–Trinajstić information content (AvgIpc) is 2.58. The number of amides is 3. The number of hydrogen-bond acceptors (Lipinski definition) is 6. The standard InChI is InChI=1S/C17H24N2O6/c1-11(2)9-18-17(22)19-15(20)10-25-16(21)7-12-5-6-13(23-3)8-14(12)24-4/h5-6,8,11H,7,9-10H2,1-4H3,(H2,18,19,20,22). The van der Waals surface area contributed by atoms with E-state index in [-0.39, 0.29) is 12.3 Å². The molecule has 2 N–H and O–H groups in total. The number of imide groups is 1. The Labute approximate surface area is 146 Å². The van der Waals surface area contributed by atoms with Gasteiger partial charge in [0.15, 0.2) is 6.61 Å². The van der Waals surface area contributed by atoms with Crippen molar-refractivity contribution >= 4 is 17.9 Å². The first-order chi connectivity index (χ1) is 11.8. The predicted octanol–water partition coefficient (Wildman–Crippen LogP) is 1.27. The van der Waals surface area contributed by atoms with Crippen molar-refractivity contribution in [3.05, 3.63) is 23.8 Å². The van der Waals surface area contributed by atoms with Crippen molar-refractivity contribution in [1.82, 2.24) is 10.6 Å². The van der Waals surface area contributed by atoms with Gasteiger partial charge in [0.25, 0.3) is 5.91 Å². The summed E-state index contributed by atoms with van der Waals surface area (Å²) in [7, 11) is 3.01. The Morgan fingerprint density at radius 2 is 1.84 bits per heavy atom. The maximum Gasteiger partial charge on any atom is 0.321 e. The van der Waals surface area contributed by atoms with Gasteiger partial charge in [0.1, 0.15) is 11.5 Å². The van der Waals surface area contributed by atoms with E-state index in [2.05, 4.69) is 10.6 Å². The number of urea groups is 1. The molecule has 0 spiro atoms. The second kappa shape index (κ2) is 10.2. The molecule has 0 heterocycles. The van der Waals surface area contributed by atoms with Crippen LogP contribution in [0.25, 0.3) is 0 Å². The molecule has 0 saturated carbocycles. The van der Waals surface area contributed by atoms with Crippen LogP contribution in [0.5, 0.6) is 11.5 Å². The van der Waals surface area contributed by atoms with Crippen molar-refractivity contribution in [3.63, 3.8) is 0 Å². The fourth-order valence-corrected chi connectivity index (χ4v) is 1.85. The third-order valence-electron chi connectivity index (χ3n) is 3.12. The van der Waals surface area contributed by atoms with Crippen molar-refractivity contribution in [1.29, 1.82) is 0 Å². The Bertz CT molecular complexity index is 615. The summed E-state index contributed by atoms with van der Waals surface area (Å²) in [6.45, 7) is 3.76. The predicted molar refractivity (Wildman–Crippen MR) is 90.6 cm³/mol. The van der Waals surface area contributed by atoms with Crippen LogP contribution in [-0.4, -0.2) is 45.3 Å². The second-order valence-electron chi connectivity index (χ2n) is 5.67. The average molecular weight is 352 g/mol. The number of hydrogen-bond donors (Lipinski definition) is 2. The van der Waals surface area contributed by atoms with Crippen molar-refractivity contribution < 1.29 is 28.6 Å². The zero-order valence-electron chi connectivity index (χ0n) is 14.9. The topological polar surface area (TPSA) is 103 Å². The summed E-state index contributed by atoms with van der Waals surface area (Å²) in [4.78, 5) is 34.8. The van der Waals surface area contributed by atoms with Crippen LogP contribution in [-0.2, 0) is 20.7 Å². The second-order valence-corrected chi connectivity index (χ2v) is 5.67. The molecule has 1 aromatic rings. The van der Waals surface area contributed by atoms with Gasteiger partial charge in [-0.2, -0.15) is 0 Å². The number of methoxy groups -OCH3 is 2. The third-order valence-corrected chi connectivity index (χ3v) is 3.12. The molecule has 0 bridgehead atoms. The molecule has 1 rings (SSSR count). The van der Waals surface area contributed by atoms with E-state index in [9.17, 15) is 14.4 Å². The molecule has 25 heavy (non-hydrogen) atoms. The lowest BCUT2D eigenvalue weighted by Crippen LogP contribution is -2.42. The van der Waals surface area contributed by atoms with E-state index in [1.807, 2.05) is 13.8 Å². The van der Waals surface area contributed by atoms with Gasteiger partial charge in [0, 0.05) is 18.2 Å². The minimum Gasteiger partial charge on any atom is -0.497 e. The summed E-state index contributed by atoms with van der Waals surface area (Å²) in [5, 5.41) is 4.61. The number of carbonyl (C=O) groups excluding carboxylic acids is 3. The molecule has 8 nitrogen and oxygen atoms in total. The molecule has 0 fully saturated rings. The summed E-state index contributed by atoms with van der Waals surface area (Å²) in [6.07, 6.45) is -0.0695. The minimum atomic E-state index is -0.698. The monoisotopic (exact) mass is 352 g/mol. The molecule has 0 aliphatic rings. The van der Waals surface area contributed by atoms with E-state index in [0.717, 1.165) is 0 Å². The Hall–Kier alpha value is -2.77. The Morgan fingerprint density at radius 3 is 2.44 bits per heavy atom. The highest BCUT2D eigenvalue weighted by atomic mass is 16.5. The first-order valence-electron chi connectivity index (χ1n) is 7.80. The smallest absolute Gasteiger partial charge is 0.321 e. The molecular formula is C17H24N2O6. The first kappa shape index (κ1) is 20.3. The summed E-state index contributed by atoms with van der Waals surface area (Å²) in [5.74, 6) is 0.0326. The van der Waals surface area contributed by atoms with Crippen LogP contribution in [0.2, 0.25) is 0 Å². The molecule has 0 saturated heterocycles. The highest BCUT2D eigenvalue weighted by Crippen LogP contribution is 2.25. The van der Waals surface area contributed by atoms with E-state index in [1.54, 1.807) is 18.2 Å². The lowest BCUT2D eigenvalue weighted by atomic mass is 10.1. The number of esters is 1. The molecule has 8 heteroatoms. The summed E-state index contributed by atoms with van der Waals surface area (Å²) < 4.78 is 15.1. The van der Waals surface area contributed by atoms with E-state index < -0.39 is 24.5 Å². The number of ether oxygens (including phenoxy) is 3. The zero-order valence-corrected chi connectivity index (χ0v) is 14.9. The molecule has 0 aliphatic carbocycles. The van der Waals surface area contributed by atoms with Gasteiger partial charge in [-0.25, -0.2) is 4.79 Å². The van der Waals surface area contributed by atoms with E-state index in [1.165, 1.54) is 14.2 Å². The van der Waals surface area contributed by atoms with Gasteiger partial charge >= 0.3 is 12.0 Å². The number of carbonyl (C=O) groups is 3. The Kier molecular flexibility index (Phi) is 8.25. The fraction of sp³-hybridized carbons (Fsp3) is 0.471. The number of benzene rings is 1. The van der Waals surface area contributed by atoms with Crippen molar-refractivity contribution in [2.24, 2.45) is 5.92 Å². The molecule has 0 unspecified atom stereocenters. The lowest BCUT2D eigenvalue weighted by molar-refractivity contribution is -0.147. The van der Waals surface area contributed by atoms with Gasteiger partial charge in [0.2, 0.25) is 0 Å². The largest absolute Gasteiger partial charge is 0.497 e. The minimum absolute atomic E-state index is 0.0695. The van der Waals surface area contributed by atoms with E-state index in [4.69, 9.17) is 14.2 Å². The van der Waals surface area contributed by atoms with Crippen LogP contribution in [0.4, 0.5) is 4.79 Å². The highest BCUT2D eigenvalue weighted by Gasteiger charge is 2.14. The SMILES string of the molecule is COc1ccc(CC(=O)OCC(=O)NC(=O)NCC(C)C)c(OC)c1. The molecule has 1 aromatic carbocycles.